The lowest BCUT2D eigenvalue weighted by molar-refractivity contribution is -0.0357. The van der Waals surface area contributed by atoms with E-state index in [-0.39, 0.29) is 14.9 Å². The van der Waals surface area contributed by atoms with Crippen molar-refractivity contribution in [2.24, 2.45) is 0 Å². The van der Waals surface area contributed by atoms with Gasteiger partial charge in [0.05, 0.1) is 15.6 Å². The number of halogens is 2. The highest BCUT2D eigenvalue weighted by molar-refractivity contribution is 7.89. The minimum Gasteiger partial charge on any atom is -0.281 e. The molecule has 4 nitrogen and oxygen atoms in total. The highest BCUT2D eigenvalue weighted by atomic mass is 35.5. The number of sulfonamides is 1. The average molecular weight is 298 g/mol. The summed E-state index contributed by atoms with van der Waals surface area (Å²) in [6, 6.07) is 4.45. The first-order valence-corrected chi connectivity index (χ1v) is 7.01. The lowest BCUT2D eigenvalue weighted by Crippen LogP contribution is -2.33. The Labute approximate surface area is 111 Å². The van der Waals surface area contributed by atoms with Gasteiger partial charge in [-0.05, 0) is 32.9 Å². The zero-order valence-electron chi connectivity index (χ0n) is 9.62. The van der Waals surface area contributed by atoms with Crippen LogP contribution in [0.4, 0.5) is 0 Å². The van der Waals surface area contributed by atoms with Gasteiger partial charge in [-0.1, -0.05) is 34.2 Å². The van der Waals surface area contributed by atoms with Crippen molar-refractivity contribution in [2.75, 3.05) is 0 Å². The maximum atomic E-state index is 11.9. The fourth-order valence-corrected chi connectivity index (χ4v) is 3.06. The highest BCUT2D eigenvalue weighted by Gasteiger charge is 2.24. The van der Waals surface area contributed by atoms with Crippen molar-refractivity contribution in [1.82, 2.24) is 4.89 Å². The van der Waals surface area contributed by atoms with Crippen LogP contribution in [0.1, 0.15) is 20.8 Å². The molecule has 0 aromatic heterocycles. The van der Waals surface area contributed by atoms with Gasteiger partial charge in [0.15, 0.2) is 0 Å². The molecule has 1 aromatic carbocycles. The van der Waals surface area contributed by atoms with Crippen molar-refractivity contribution < 1.29 is 13.3 Å². The second-order valence-corrected chi connectivity index (χ2v) is 6.75. The van der Waals surface area contributed by atoms with Gasteiger partial charge >= 0.3 is 0 Å². The first kappa shape index (κ1) is 14.7. The molecular formula is C10H13Cl2NO3S. The van der Waals surface area contributed by atoms with Gasteiger partial charge in [-0.25, -0.2) is 8.42 Å². The largest absolute Gasteiger partial charge is 0.281 e. The molecule has 0 aliphatic carbocycles. The Morgan fingerprint density at radius 1 is 1.18 bits per heavy atom. The van der Waals surface area contributed by atoms with E-state index in [1.807, 2.05) is 4.89 Å². The minimum atomic E-state index is -3.89. The summed E-state index contributed by atoms with van der Waals surface area (Å²) < 4.78 is 23.8. The lowest BCUT2D eigenvalue weighted by atomic mass is 10.2. The van der Waals surface area contributed by atoms with Crippen LogP contribution in [0.25, 0.3) is 0 Å². The van der Waals surface area contributed by atoms with Crippen LogP contribution in [0.15, 0.2) is 23.1 Å². The van der Waals surface area contributed by atoms with Gasteiger partial charge < -0.3 is 0 Å². The molecule has 0 aliphatic heterocycles. The highest BCUT2D eigenvalue weighted by Crippen LogP contribution is 2.28. The third kappa shape index (κ3) is 4.12. The second-order valence-electron chi connectivity index (χ2n) is 4.35. The van der Waals surface area contributed by atoms with Crippen molar-refractivity contribution in [1.29, 1.82) is 0 Å². The maximum absolute atomic E-state index is 11.9. The number of nitrogens with one attached hydrogen (secondary N) is 1. The number of hydrogen-bond acceptors (Lipinski definition) is 3. The molecule has 0 amide bonds. The molecule has 7 heteroatoms. The van der Waals surface area contributed by atoms with Gasteiger partial charge in [-0.3, -0.25) is 4.84 Å². The molecule has 17 heavy (non-hydrogen) atoms. The van der Waals surface area contributed by atoms with Crippen molar-refractivity contribution >= 4 is 33.2 Å². The summed E-state index contributed by atoms with van der Waals surface area (Å²) >= 11 is 11.6. The molecule has 0 saturated carbocycles. The Bertz CT molecular complexity index is 489. The molecule has 96 valence electrons. The maximum Gasteiger partial charge on any atom is 0.265 e. The van der Waals surface area contributed by atoms with Crippen LogP contribution in [0.2, 0.25) is 10.0 Å². The van der Waals surface area contributed by atoms with Gasteiger partial charge in [-0.15, -0.1) is 0 Å². The molecule has 0 unspecified atom stereocenters. The van der Waals surface area contributed by atoms with Crippen molar-refractivity contribution in [2.45, 2.75) is 31.3 Å². The van der Waals surface area contributed by atoms with E-state index < -0.39 is 15.6 Å². The summed E-state index contributed by atoms with van der Waals surface area (Å²) in [5, 5.41) is 0.0880. The van der Waals surface area contributed by atoms with E-state index in [1.54, 1.807) is 26.8 Å². The zero-order chi connectivity index (χ0) is 13.3. The second kappa shape index (κ2) is 5.12. The first-order valence-electron chi connectivity index (χ1n) is 4.77. The summed E-state index contributed by atoms with van der Waals surface area (Å²) in [4.78, 5) is 6.82. The van der Waals surface area contributed by atoms with E-state index in [1.165, 1.54) is 12.1 Å². The minimum absolute atomic E-state index is 0.0440. The molecular weight excluding hydrogens is 285 g/mol. The number of rotatable bonds is 3. The molecule has 0 bridgehead atoms. The van der Waals surface area contributed by atoms with E-state index in [9.17, 15) is 8.42 Å². The third-order valence-electron chi connectivity index (χ3n) is 1.65. The molecule has 0 fully saturated rings. The number of benzene rings is 1. The Hall–Kier alpha value is -0.330. The predicted molar refractivity (Wildman–Crippen MR) is 67.6 cm³/mol. The Balaban J connectivity index is 3.06. The topological polar surface area (TPSA) is 55.4 Å². The van der Waals surface area contributed by atoms with Crippen LogP contribution in [-0.4, -0.2) is 14.0 Å². The van der Waals surface area contributed by atoms with Crippen molar-refractivity contribution in [3.8, 4) is 0 Å². The van der Waals surface area contributed by atoms with E-state index in [0.717, 1.165) is 0 Å². The van der Waals surface area contributed by atoms with Gasteiger partial charge in [-0.2, -0.15) is 0 Å². The Morgan fingerprint density at radius 3 is 2.06 bits per heavy atom. The Kier molecular flexibility index (Phi) is 4.43. The van der Waals surface area contributed by atoms with E-state index in [0.29, 0.717) is 0 Å². The molecule has 0 saturated heterocycles. The molecule has 1 aromatic rings. The molecule has 0 heterocycles. The summed E-state index contributed by atoms with van der Waals surface area (Å²) in [6.07, 6.45) is 0. The van der Waals surface area contributed by atoms with Gasteiger partial charge in [0.25, 0.3) is 10.0 Å². The van der Waals surface area contributed by atoms with Gasteiger partial charge in [0, 0.05) is 0 Å². The summed E-state index contributed by atoms with van der Waals surface area (Å²) in [5.41, 5.74) is -0.652. The predicted octanol–water partition coefficient (Wildman–Crippen LogP) is 3.00. The SMILES string of the molecule is CC(C)(C)ONS(=O)(=O)c1c(Cl)cccc1Cl. The monoisotopic (exact) mass is 297 g/mol. The van der Waals surface area contributed by atoms with Crippen LogP contribution in [0.3, 0.4) is 0 Å². The lowest BCUT2D eigenvalue weighted by Gasteiger charge is -2.19. The van der Waals surface area contributed by atoms with Crippen molar-refractivity contribution in [3.63, 3.8) is 0 Å². The van der Waals surface area contributed by atoms with Crippen molar-refractivity contribution in [3.05, 3.63) is 28.2 Å². The van der Waals surface area contributed by atoms with E-state index >= 15 is 0 Å². The quantitative estimate of drug-likeness (QED) is 0.873. The Morgan fingerprint density at radius 2 is 1.65 bits per heavy atom. The molecule has 0 radical (unpaired) electrons. The fourth-order valence-electron chi connectivity index (χ4n) is 0.961. The van der Waals surface area contributed by atoms with E-state index in [2.05, 4.69) is 0 Å². The molecule has 0 aliphatic rings. The third-order valence-corrected chi connectivity index (χ3v) is 3.78. The average Bonchev–Trinajstić information content (AvgIpc) is 2.13. The summed E-state index contributed by atoms with van der Waals surface area (Å²) in [7, 11) is -3.89. The fraction of sp³-hybridized carbons (Fsp3) is 0.400. The summed E-state index contributed by atoms with van der Waals surface area (Å²) in [5.74, 6) is 0. The van der Waals surface area contributed by atoms with E-state index in [4.69, 9.17) is 28.0 Å². The molecule has 0 spiro atoms. The van der Waals surface area contributed by atoms with Crippen LogP contribution in [0.5, 0.6) is 0 Å². The van der Waals surface area contributed by atoms with Crippen LogP contribution < -0.4 is 4.89 Å². The van der Waals surface area contributed by atoms with Crippen LogP contribution in [0, 0.1) is 0 Å². The number of hydrogen-bond donors (Lipinski definition) is 1. The van der Waals surface area contributed by atoms with Crippen LogP contribution in [-0.2, 0) is 14.9 Å². The summed E-state index contributed by atoms with van der Waals surface area (Å²) in [6.45, 7) is 5.14. The molecule has 1 N–H and O–H groups in total. The van der Waals surface area contributed by atoms with Gasteiger partial charge in [0.2, 0.25) is 0 Å². The zero-order valence-corrected chi connectivity index (χ0v) is 11.9. The first-order chi connectivity index (χ1) is 7.63. The molecule has 0 atom stereocenters. The van der Waals surface area contributed by atoms with Gasteiger partial charge in [0.1, 0.15) is 4.90 Å². The smallest absolute Gasteiger partial charge is 0.265 e. The normalized spacial score (nSPS) is 12.8. The molecule has 1 rings (SSSR count). The van der Waals surface area contributed by atoms with Crippen LogP contribution >= 0.6 is 23.2 Å². The standard InChI is InChI=1S/C10H13Cl2NO3S/c1-10(2,3)16-13-17(14,15)9-7(11)5-4-6-8(9)12/h4-6,13H,1-3H3.